The van der Waals surface area contributed by atoms with Crippen LogP contribution in [0.4, 0.5) is 0 Å². The lowest BCUT2D eigenvalue weighted by Gasteiger charge is -2.10. The summed E-state index contributed by atoms with van der Waals surface area (Å²) in [4.78, 5) is 5.23. The van der Waals surface area contributed by atoms with Crippen LogP contribution < -0.4 is 0 Å². The van der Waals surface area contributed by atoms with E-state index in [-0.39, 0.29) is 0 Å². The minimum Gasteiger partial charge on any atom is -0.308 e. The van der Waals surface area contributed by atoms with E-state index < -0.39 is 0 Å². The smallest absolute Gasteiger partial charge is 0.145 e. The van der Waals surface area contributed by atoms with Crippen molar-refractivity contribution in [1.29, 1.82) is 0 Å². The summed E-state index contributed by atoms with van der Waals surface area (Å²) in [5, 5.41) is 10.1. The topological polar surface area (TPSA) is 22.2 Å². The quantitative estimate of drug-likeness (QED) is 0.217. The highest BCUT2D eigenvalue weighted by Gasteiger charge is 2.22. The monoisotopic (exact) mass is 533 g/mol. The summed E-state index contributed by atoms with van der Waals surface area (Å²) in [6, 6.07) is 50.5. The van der Waals surface area contributed by atoms with Gasteiger partial charge in [0.05, 0.1) is 27.6 Å². The molecule has 10 rings (SSSR count). The molecule has 0 saturated heterocycles. The Morgan fingerprint density at radius 2 is 0.952 bits per heavy atom. The van der Waals surface area contributed by atoms with Gasteiger partial charge in [-0.15, -0.1) is 0 Å². The van der Waals surface area contributed by atoms with Crippen LogP contribution in [-0.2, 0) is 0 Å². The van der Waals surface area contributed by atoms with E-state index >= 15 is 0 Å². The van der Waals surface area contributed by atoms with Crippen molar-refractivity contribution >= 4 is 70.7 Å². The largest absolute Gasteiger partial charge is 0.308 e. The van der Waals surface area contributed by atoms with Gasteiger partial charge in [0.1, 0.15) is 5.82 Å². The van der Waals surface area contributed by atoms with Crippen LogP contribution in [0.5, 0.6) is 0 Å². The molecule has 194 valence electrons. The molecule has 0 aliphatic carbocycles. The molecular weight excluding hydrogens is 510 g/mol. The Labute approximate surface area is 240 Å². The SMILES string of the molecule is c1ccc(-n2c(-c3cc4c5cc6ccccc6cc5n5c6cc7ccccc7cc6c(c3)c45)nc3ccccc32)cc1. The summed E-state index contributed by atoms with van der Waals surface area (Å²) in [5.41, 5.74) is 8.09. The molecule has 7 aromatic carbocycles. The summed E-state index contributed by atoms with van der Waals surface area (Å²) < 4.78 is 4.78. The number of fused-ring (bicyclic) bond motifs is 9. The number of benzene rings is 7. The lowest BCUT2D eigenvalue weighted by atomic mass is 10.0. The Bertz CT molecular complexity index is 2550. The van der Waals surface area contributed by atoms with Crippen molar-refractivity contribution in [2.24, 2.45) is 0 Å². The molecule has 3 heterocycles. The first-order valence-electron chi connectivity index (χ1n) is 14.4. The number of aromatic nitrogens is 3. The second kappa shape index (κ2) is 7.96. The third-order valence-corrected chi connectivity index (χ3v) is 8.96. The minimum absolute atomic E-state index is 0.955. The lowest BCUT2D eigenvalue weighted by molar-refractivity contribution is 1.10. The molecular formula is C39H23N3. The van der Waals surface area contributed by atoms with E-state index in [1.807, 2.05) is 0 Å². The zero-order chi connectivity index (χ0) is 27.4. The Kier molecular flexibility index (Phi) is 4.18. The van der Waals surface area contributed by atoms with Crippen LogP contribution in [0.2, 0.25) is 0 Å². The first-order chi connectivity index (χ1) is 20.8. The fourth-order valence-corrected chi connectivity index (χ4v) is 7.10. The Morgan fingerprint density at radius 3 is 1.57 bits per heavy atom. The van der Waals surface area contributed by atoms with Crippen molar-refractivity contribution in [2.45, 2.75) is 0 Å². The predicted molar refractivity (Wildman–Crippen MR) is 176 cm³/mol. The lowest BCUT2D eigenvalue weighted by Crippen LogP contribution is -1.97. The summed E-state index contributed by atoms with van der Waals surface area (Å²) in [5.74, 6) is 0.955. The van der Waals surface area contributed by atoms with Gasteiger partial charge in [-0.25, -0.2) is 4.98 Å². The molecule has 42 heavy (non-hydrogen) atoms. The standard InChI is InChI=1S/C39H23N3/c1-2-14-29(15-3-1)41-35-17-9-8-16-34(35)40-39(41)28-20-32-30-18-24-10-4-6-12-26(24)22-36(30)42-37-23-27-13-7-5-11-25(27)19-31(37)33(21-28)38(32)42/h1-23H. The molecule has 0 aliphatic rings. The van der Waals surface area contributed by atoms with E-state index in [4.69, 9.17) is 4.98 Å². The first-order valence-corrected chi connectivity index (χ1v) is 14.4. The zero-order valence-electron chi connectivity index (χ0n) is 22.6. The molecule has 3 heteroatoms. The molecule has 10 aromatic rings. The maximum Gasteiger partial charge on any atom is 0.145 e. The maximum atomic E-state index is 5.23. The van der Waals surface area contributed by atoms with Crippen LogP contribution in [0.15, 0.2) is 140 Å². The van der Waals surface area contributed by atoms with Gasteiger partial charge in [0.15, 0.2) is 0 Å². The van der Waals surface area contributed by atoms with Crippen LogP contribution in [0.25, 0.3) is 87.7 Å². The molecule has 0 bridgehead atoms. The zero-order valence-corrected chi connectivity index (χ0v) is 22.6. The van der Waals surface area contributed by atoms with Gasteiger partial charge in [0.25, 0.3) is 0 Å². The molecule has 3 aromatic heterocycles. The highest BCUT2D eigenvalue weighted by Crippen LogP contribution is 2.44. The van der Waals surface area contributed by atoms with E-state index in [2.05, 4.69) is 148 Å². The number of hydrogen-bond acceptors (Lipinski definition) is 1. The molecule has 0 saturated carbocycles. The van der Waals surface area contributed by atoms with Crippen molar-refractivity contribution < 1.29 is 0 Å². The van der Waals surface area contributed by atoms with Gasteiger partial charge in [0.2, 0.25) is 0 Å². The van der Waals surface area contributed by atoms with Crippen molar-refractivity contribution in [3.8, 4) is 17.1 Å². The average Bonchev–Trinajstić information content (AvgIpc) is 3.69. The van der Waals surface area contributed by atoms with Crippen LogP contribution in [0.3, 0.4) is 0 Å². The van der Waals surface area contributed by atoms with Gasteiger partial charge in [-0.1, -0.05) is 78.9 Å². The molecule has 0 amide bonds. The molecule has 0 spiro atoms. The van der Waals surface area contributed by atoms with Gasteiger partial charge >= 0.3 is 0 Å². The van der Waals surface area contributed by atoms with E-state index in [0.717, 1.165) is 28.1 Å². The number of para-hydroxylation sites is 3. The van der Waals surface area contributed by atoms with Crippen molar-refractivity contribution in [2.75, 3.05) is 0 Å². The van der Waals surface area contributed by atoms with Gasteiger partial charge in [-0.3, -0.25) is 4.57 Å². The maximum absolute atomic E-state index is 5.23. The molecule has 0 N–H and O–H groups in total. The van der Waals surface area contributed by atoms with Crippen LogP contribution in [0, 0.1) is 0 Å². The van der Waals surface area contributed by atoms with Crippen molar-refractivity contribution in [3.05, 3.63) is 140 Å². The van der Waals surface area contributed by atoms with E-state index in [1.54, 1.807) is 0 Å². The van der Waals surface area contributed by atoms with Gasteiger partial charge in [-0.05, 0) is 82.2 Å². The predicted octanol–water partition coefficient (Wildman–Crippen LogP) is 10.1. The second-order valence-electron chi connectivity index (χ2n) is 11.3. The van der Waals surface area contributed by atoms with Crippen LogP contribution in [0.1, 0.15) is 0 Å². The second-order valence-corrected chi connectivity index (χ2v) is 11.3. The van der Waals surface area contributed by atoms with E-state index in [0.29, 0.717) is 0 Å². The normalized spacial score (nSPS) is 12.3. The summed E-state index contributed by atoms with van der Waals surface area (Å²) >= 11 is 0. The number of nitrogens with zero attached hydrogens (tertiary/aromatic N) is 3. The molecule has 0 radical (unpaired) electrons. The summed E-state index contributed by atoms with van der Waals surface area (Å²) in [6.07, 6.45) is 0. The van der Waals surface area contributed by atoms with Crippen LogP contribution in [-0.4, -0.2) is 14.0 Å². The number of hydrogen-bond donors (Lipinski definition) is 0. The van der Waals surface area contributed by atoms with Gasteiger partial charge < -0.3 is 4.40 Å². The third kappa shape index (κ3) is 2.87. The molecule has 0 atom stereocenters. The van der Waals surface area contributed by atoms with E-state index in [1.165, 1.54) is 59.6 Å². The van der Waals surface area contributed by atoms with Crippen molar-refractivity contribution in [1.82, 2.24) is 14.0 Å². The van der Waals surface area contributed by atoms with Gasteiger partial charge in [-0.2, -0.15) is 0 Å². The Balaban J connectivity index is 1.41. The number of imidazole rings is 1. The fraction of sp³-hybridized carbons (Fsp3) is 0. The average molecular weight is 534 g/mol. The summed E-state index contributed by atoms with van der Waals surface area (Å²) in [7, 11) is 0. The summed E-state index contributed by atoms with van der Waals surface area (Å²) in [6.45, 7) is 0. The Hall–Kier alpha value is -5.67. The van der Waals surface area contributed by atoms with Gasteiger partial charge in [0, 0.05) is 32.8 Å². The van der Waals surface area contributed by atoms with E-state index in [9.17, 15) is 0 Å². The highest BCUT2D eigenvalue weighted by molar-refractivity contribution is 6.26. The minimum atomic E-state index is 0.955. The van der Waals surface area contributed by atoms with Crippen molar-refractivity contribution in [3.63, 3.8) is 0 Å². The molecule has 0 fully saturated rings. The molecule has 0 aliphatic heterocycles. The third-order valence-electron chi connectivity index (χ3n) is 8.96. The first kappa shape index (κ1) is 22.1. The highest BCUT2D eigenvalue weighted by atomic mass is 15.1. The fourth-order valence-electron chi connectivity index (χ4n) is 7.10. The number of rotatable bonds is 2. The molecule has 0 unspecified atom stereocenters. The molecule has 3 nitrogen and oxygen atoms in total. The Morgan fingerprint density at radius 1 is 0.429 bits per heavy atom. The van der Waals surface area contributed by atoms with Crippen LogP contribution >= 0.6 is 0 Å².